The Hall–Kier alpha value is -3.23. The first kappa shape index (κ1) is 21.5. The van der Waals surface area contributed by atoms with Crippen LogP contribution in [0.5, 0.6) is 0 Å². The van der Waals surface area contributed by atoms with E-state index in [9.17, 15) is 18.0 Å². The number of nitrogens with two attached hydrogens (primary N) is 1. The molecule has 1 saturated carbocycles. The van der Waals surface area contributed by atoms with E-state index in [0.717, 1.165) is 30.5 Å². The quantitative estimate of drug-likeness (QED) is 0.586. The van der Waals surface area contributed by atoms with Gasteiger partial charge in [0.1, 0.15) is 5.71 Å². The molecule has 0 spiro atoms. The molecule has 1 unspecified atom stereocenters. The van der Waals surface area contributed by atoms with Crippen molar-refractivity contribution in [2.45, 2.75) is 44.8 Å². The fourth-order valence-corrected chi connectivity index (χ4v) is 3.47. The summed E-state index contributed by atoms with van der Waals surface area (Å²) in [5.41, 5.74) is 1.81. The number of alkyl halides is 3. The summed E-state index contributed by atoms with van der Waals surface area (Å²) in [5.74, 6) is 5.78. The van der Waals surface area contributed by atoms with Crippen LogP contribution < -0.4 is 11.2 Å². The molecule has 3 rings (SSSR count). The summed E-state index contributed by atoms with van der Waals surface area (Å²) >= 11 is 0. The fraction of sp³-hybridized carbons (Fsp3) is 0.333. The first-order valence-corrected chi connectivity index (χ1v) is 9.50. The molecule has 1 amide bonds. The Bertz CT molecular complexity index is 985. The molecule has 158 valence electrons. The van der Waals surface area contributed by atoms with Crippen LogP contribution in [0.25, 0.3) is 0 Å². The lowest BCUT2D eigenvalue weighted by molar-refractivity contribution is -0.137. The molecule has 1 aliphatic carbocycles. The van der Waals surface area contributed by atoms with E-state index in [1.165, 1.54) is 13.0 Å². The van der Waals surface area contributed by atoms with Crippen LogP contribution in [0, 0.1) is 0 Å². The zero-order valence-electron chi connectivity index (χ0n) is 16.4. The highest BCUT2D eigenvalue weighted by Gasteiger charge is 2.30. The van der Waals surface area contributed by atoms with Gasteiger partial charge in [-0.25, -0.2) is 9.98 Å². The Morgan fingerprint density at radius 2 is 2.03 bits per heavy atom. The Balaban J connectivity index is 1.82. The molecule has 3 N–H and O–H groups in total. The Labute approximate surface area is 172 Å². The number of amides is 1. The van der Waals surface area contributed by atoms with Crippen molar-refractivity contribution in [2.24, 2.45) is 15.9 Å². The van der Waals surface area contributed by atoms with Crippen molar-refractivity contribution in [1.82, 2.24) is 10.3 Å². The molecule has 9 heteroatoms. The van der Waals surface area contributed by atoms with E-state index in [0.29, 0.717) is 35.6 Å². The van der Waals surface area contributed by atoms with Gasteiger partial charge in [0.2, 0.25) is 5.91 Å². The van der Waals surface area contributed by atoms with Crippen molar-refractivity contribution >= 4 is 23.1 Å². The third-order valence-electron chi connectivity index (χ3n) is 4.77. The summed E-state index contributed by atoms with van der Waals surface area (Å²) in [7, 11) is 0. The average molecular weight is 417 g/mol. The number of hydrogen-bond donors (Lipinski definition) is 2. The first-order chi connectivity index (χ1) is 14.3. The van der Waals surface area contributed by atoms with Gasteiger partial charge in [0, 0.05) is 13.1 Å². The number of nitrogens with one attached hydrogen (secondary N) is 1. The van der Waals surface area contributed by atoms with E-state index in [4.69, 9.17) is 5.84 Å². The molecule has 1 aromatic carbocycles. The molecular formula is C21H22F3N5O. The molecule has 30 heavy (non-hydrogen) atoms. The van der Waals surface area contributed by atoms with Crippen molar-refractivity contribution in [3.8, 4) is 0 Å². The number of rotatable bonds is 4. The summed E-state index contributed by atoms with van der Waals surface area (Å²) in [6.45, 7) is 1.43. The van der Waals surface area contributed by atoms with Crippen LogP contribution in [0.2, 0.25) is 0 Å². The lowest BCUT2D eigenvalue weighted by Gasteiger charge is -2.25. The van der Waals surface area contributed by atoms with Gasteiger partial charge in [-0.2, -0.15) is 18.3 Å². The average Bonchev–Trinajstić information content (AvgIpc) is 2.68. The molecule has 1 aliphatic rings. The smallest absolute Gasteiger partial charge is 0.348 e. The largest absolute Gasteiger partial charge is 0.416 e. The molecule has 2 aromatic rings. The predicted octanol–water partition coefficient (Wildman–Crippen LogP) is 3.77. The fourth-order valence-electron chi connectivity index (χ4n) is 3.47. The highest BCUT2D eigenvalue weighted by Crippen LogP contribution is 2.30. The van der Waals surface area contributed by atoms with Crippen molar-refractivity contribution in [1.29, 1.82) is 0 Å². The minimum absolute atomic E-state index is 0.177. The number of aliphatic imine (C=N–C) groups is 1. The number of hydrazone groups is 1. The predicted molar refractivity (Wildman–Crippen MR) is 109 cm³/mol. The van der Waals surface area contributed by atoms with Crippen LogP contribution in [0.3, 0.4) is 0 Å². The molecule has 1 fully saturated rings. The minimum atomic E-state index is -4.38. The van der Waals surface area contributed by atoms with Crippen molar-refractivity contribution in [2.75, 3.05) is 0 Å². The summed E-state index contributed by atoms with van der Waals surface area (Å²) in [6.07, 6.45) is -0.322. The summed E-state index contributed by atoms with van der Waals surface area (Å²) < 4.78 is 38.8. The second-order valence-corrected chi connectivity index (χ2v) is 7.12. The van der Waals surface area contributed by atoms with Gasteiger partial charge in [-0.1, -0.05) is 18.2 Å². The molecule has 1 heterocycles. The van der Waals surface area contributed by atoms with Gasteiger partial charge in [-0.05, 0) is 55.0 Å². The molecule has 6 nitrogen and oxygen atoms in total. The number of carbonyl (C=O) groups is 1. The van der Waals surface area contributed by atoms with Gasteiger partial charge < -0.3 is 11.2 Å². The first-order valence-electron chi connectivity index (χ1n) is 9.50. The van der Waals surface area contributed by atoms with E-state index >= 15 is 0 Å². The van der Waals surface area contributed by atoms with E-state index in [1.807, 2.05) is 0 Å². The maximum absolute atomic E-state index is 12.9. The number of hydrogen-bond acceptors (Lipinski definition) is 5. The SMILES string of the molecule is CC(=O)NC1CCCC(=Nc2cc(Cc3cccc(C(F)(F)F)c3)ccn2)/C1=N\N. The van der Waals surface area contributed by atoms with Gasteiger partial charge in [-0.3, -0.25) is 4.79 Å². The summed E-state index contributed by atoms with van der Waals surface area (Å²) in [5, 5.41) is 6.64. The number of aromatic nitrogens is 1. The van der Waals surface area contributed by atoms with Gasteiger partial charge in [0.25, 0.3) is 0 Å². The highest BCUT2D eigenvalue weighted by atomic mass is 19.4. The number of benzene rings is 1. The third-order valence-corrected chi connectivity index (χ3v) is 4.77. The van der Waals surface area contributed by atoms with Gasteiger partial charge in [0.05, 0.1) is 17.3 Å². The lowest BCUT2D eigenvalue weighted by Crippen LogP contribution is -2.46. The standard InChI is InChI=1S/C21H22F3N5O/c1-13(30)27-17-6-3-7-18(20(17)29-25)28-19-12-15(8-9-26-19)10-14-4-2-5-16(11-14)21(22,23)24/h2,4-5,8-9,11-12,17H,3,6-7,10,25H2,1H3,(H,27,30)/b28-18?,29-20-. The topological polar surface area (TPSA) is 92.7 Å². The molecule has 1 aromatic heterocycles. The molecule has 0 saturated heterocycles. The van der Waals surface area contributed by atoms with E-state index < -0.39 is 11.7 Å². The van der Waals surface area contributed by atoms with Crippen LogP contribution >= 0.6 is 0 Å². The highest BCUT2D eigenvalue weighted by molar-refractivity contribution is 6.45. The second-order valence-electron chi connectivity index (χ2n) is 7.12. The van der Waals surface area contributed by atoms with Crippen LogP contribution in [-0.2, 0) is 17.4 Å². The molecule has 0 bridgehead atoms. The molecular weight excluding hydrogens is 395 g/mol. The van der Waals surface area contributed by atoms with Crippen LogP contribution in [0.4, 0.5) is 19.0 Å². The maximum atomic E-state index is 12.9. The van der Waals surface area contributed by atoms with E-state index in [1.54, 1.807) is 24.4 Å². The van der Waals surface area contributed by atoms with Crippen LogP contribution in [0.1, 0.15) is 42.9 Å². The Kier molecular flexibility index (Phi) is 6.49. The van der Waals surface area contributed by atoms with Gasteiger partial charge >= 0.3 is 6.18 Å². The number of carbonyl (C=O) groups excluding carboxylic acids is 1. The van der Waals surface area contributed by atoms with Crippen molar-refractivity contribution in [3.63, 3.8) is 0 Å². The zero-order valence-corrected chi connectivity index (χ0v) is 16.4. The minimum Gasteiger partial charge on any atom is -0.348 e. The van der Waals surface area contributed by atoms with Gasteiger partial charge in [-0.15, -0.1) is 0 Å². The van der Waals surface area contributed by atoms with Crippen LogP contribution in [0.15, 0.2) is 52.7 Å². The van der Waals surface area contributed by atoms with E-state index in [2.05, 4.69) is 20.4 Å². The maximum Gasteiger partial charge on any atom is 0.416 e. The Morgan fingerprint density at radius 1 is 1.27 bits per heavy atom. The summed E-state index contributed by atoms with van der Waals surface area (Å²) in [6, 6.07) is 8.41. The Morgan fingerprint density at radius 3 is 2.73 bits per heavy atom. The van der Waals surface area contributed by atoms with Crippen molar-refractivity contribution in [3.05, 3.63) is 59.3 Å². The summed E-state index contributed by atoms with van der Waals surface area (Å²) in [4.78, 5) is 20.2. The number of nitrogens with zero attached hydrogens (tertiary/aromatic N) is 3. The lowest BCUT2D eigenvalue weighted by atomic mass is 9.91. The normalized spacial score (nSPS) is 19.8. The molecule has 0 radical (unpaired) electrons. The van der Waals surface area contributed by atoms with E-state index in [-0.39, 0.29) is 11.9 Å². The van der Waals surface area contributed by atoms with Crippen molar-refractivity contribution < 1.29 is 18.0 Å². The zero-order chi connectivity index (χ0) is 21.7. The van der Waals surface area contributed by atoms with Gasteiger partial charge in [0.15, 0.2) is 5.82 Å². The monoisotopic (exact) mass is 417 g/mol. The number of pyridine rings is 1. The molecule has 1 atom stereocenters. The third kappa shape index (κ3) is 5.43. The number of halogens is 3. The second kappa shape index (κ2) is 9.06. The molecule has 0 aliphatic heterocycles. The van der Waals surface area contributed by atoms with Crippen LogP contribution in [-0.4, -0.2) is 28.4 Å².